The van der Waals surface area contributed by atoms with Crippen molar-refractivity contribution in [3.05, 3.63) is 53.1 Å². The summed E-state index contributed by atoms with van der Waals surface area (Å²) in [5.41, 5.74) is 3.70. The topological polar surface area (TPSA) is 9.23 Å². The zero-order chi connectivity index (χ0) is 15.1. The molecule has 0 heterocycles. The highest BCUT2D eigenvalue weighted by Gasteiger charge is 2.05. The van der Waals surface area contributed by atoms with E-state index in [1.54, 1.807) is 0 Å². The van der Waals surface area contributed by atoms with Gasteiger partial charge in [-0.3, -0.25) is 0 Å². The smallest absolute Gasteiger partial charge is 0.137 e. The van der Waals surface area contributed by atoms with Gasteiger partial charge in [-0.1, -0.05) is 68.6 Å². The molecule has 0 N–H and O–H groups in total. The van der Waals surface area contributed by atoms with Crippen LogP contribution in [0.2, 0.25) is 5.02 Å². The Labute approximate surface area is 132 Å². The molecule has 0 atom stereocenters. The van der Waals surface area contributed by atoms with Crippen LogP contribution in [-0.4, -0.2) is 6.61 Å². The summed E-state index contributed by atoms with van der Waals surface area (Å²) in [5.74, 6) is 0.775. The van der Waals surface area contributed by atoms with Crippen LogP contribution in [0.25, 0.3) is 11.1 Å². The first-order chi connectivity index (χ1) is 10.2. The van der Waals surface area contributed by atoms with Gasteiger partial charge in [0.05, 0.1) is 11.6 Å². The highest BCUT2D eigenvalue weighted by atomic mass is 35.5. The van der Waals surface area contributed by atoms with Crippen molar-refractivity contribution in [3.63, 3.8) is 0 Å². The van der Waals surface area contributed by atoms with Crippen LogP contribution in [0.4, 0.5) is 0 Å². The molecule has 0 bridgehead atoms. The summed E-state index contributed by atoms with van der Waals surface area (Å²) >= 11 is 6.31. The molecule has 0 fully saturated rings. The Balaban J connectivity index is 2.11. The number of hydrogen-bond acceptors (Lipinski definition) is 1. The first-order valence-electron chi connectivity index (χ1n) is 7.76. The third-order valence-corrected chi connectivity index (χ3v) is 3.81. The number of ether oxygens (including phenoxy) is 1. The molecule has 2 aromatic rings. The van der Waals surface area contributed by atoms with Gasteiger partial charge < -0.3 is 4.74 Å². The van der Waals surface area contributed by atoms with Gasteiger partial charge in [-0.2, -0.15) is 0 Å². The summed E-state index contributed by atoms with van der Waals surface area (Å²) in [6.07, 6.45) is 4.48. The average Bonchev–Trinajstić information content (AvgIpc) is 2.50. The highest BCUT2D eigenvalue weighted by molar-refractivity contribution is 6.32. The van der Waals surface area contributed by atoms with E-state index >= 15 is 0 Å². The van der Waals surface area contributed by atoms with Gasteiger partial charge >= 0.3 is 0 Å². The minimum atomic E-state index is 0.682. The van der Waals surface area contributed by atoms with Crippen molar-refractivity contribution in [1.82, 2.24) is 0 Å². The van der Waals surface area contributed by atoms with E-state index in [9.17, 15) is 0 Å². The van der Waals surface area contributed by atoms with E-state index in [2.05, 4.69) is 44.2 Å². The lowest BCUT2D eigenvalue weighted by molar-refractivity contribution is 0.309. The number of hydrogen-bond donors (Lipinski definition) is 0. The molecule has 2 heteroatoms. The van der Waals surface area contributed by atoms with Gasteiger partial charge in [0.2, 0.25) is 0 Å². The zero-order valence-corrected chi connectivity index (χ0v) is 13.6. The first-order valence-corrected chi connectivity index (χ1v) is 8.14. The number of halogens is 1. The second kappa shape index (κ2) is 8.09. The quantitative estimate of drug-likeness (QED) is 0.558. The summed E-state index contributed by atoms with van der Waals surface area (Å²) in [4.78, 5) is 0. The maximum atomic E-state index is 6.31. The van der Waals surface area contributed by atoms with Crippen LogP contribution in [-0.2, 0) is 6.42 Å². The second-order valence-electron chi connectivity index (χ2n) is 5.29. The lowest BCUT2D eigenvalue weighted by Crippen LogP contribution is -1.97. The van der Waals surface area contributed by atoms with Crippen molar-refractivity contribution in [1.29, 1.82) is 0 Å². The molecular weight excluding hydrogens is 280 g/mol. The molecule has 0 aliphatic rings. The predicted molar refractivity (Wildman–Crippen MR) is 91.3 cm³/mol. The van der Waals surface area contributed by atoms with Gasteiger partial charge in [-0.25, -0.2) is 0 Å². The average molecular weight is 303 g/mol. The van der Waals surface area contributed by atoms with E-state index in [1.807, 2.05) is 12.1 Å². The summed E-state index contributed by atoms with van der Waals surface area (Å²) in [6.45, 7) is 5.07. The Kier molecular flexibility index (Phi) is 6.13. The van der Waals surface area contributed by atoms with Crippen LogP contribution in [0.1, 0.15) is 38.7 Å². The van der Waals surface area contributed by atoms with E-state index in [0.29, 0.717) is 5.02 Å². The van der Waals surface area contributed by atoms with E-state index in [0.717, 1.165) is 37.2 Å². The van der Waals surface area contributed by atoms with Gasteiger partial charge in [-0.15, -0.1) is 0 Å². The van der Waals surface area contributed by atoms with Crippen LogP contribution in [0.15, 0.2) is 42.5 Å². The Bertz CT molecular complexity index is 560. The van der Waals surface area contributed by atoms with Crippen molar-refractivity contribution in [2.75, 3.05) is 6.61 Å². The lowest BCUT2D eigenvalue weighted by Gasteiger charge is -2.10. The molecule has 0 aromatic heterocycles. The maximum absolute atomic E-state index is 6.31. The van der Waals surface area contributed by atoms with E-state index < -0.39 is 0 Å². The fraction of sp³-hybridized carbons (Fsp3) is 0.368. The zero-order valence-electron chi connectivity index (χ0n) is 12.9. The minimum absolute atomic E-state index is 0.682. The van der Waals surface area contributed by atoms with E-state index in [4.69, 9.17) is 16.3 Å². The van der Waals surface area contributed by atoms with Crippen molar-refractivity contribution < 1.29 is 4.74 Å². The Morgan fingerprint density at radius 1 is 0.905 bits per heavy atom. The van der Waals surface area contributed by atoms with Crippen molar-refractivity contribution in [2.45, 2.75) is 39.5 Å². The Hall–Kier alpha value is -1.47. The van der Waals surface area contributed by atoms with Crippen molar-refractivity contribution >= 4 is 11.6 Å². The Morgan fingerprint density at radius 2 is 1.62 bits per heavy atom. The monoisotopic (exact) mass is 302 g/mol. The number of rotatable bonds is 7. The molecule has 0 saturated carbocycles. The molecule has 2 aromatic carbocycles. The summed E-state index contributed by atoms with van der Waals surface area (Å²) < 4.78 is 5.69. The van der Waals surface area contributed by atoms with Gasteiger partial charge in [0.15, 0.2) is 0 Å². The third-order valence-electron chi connectivity index (χ3n) is 3.51. The molecule has 0 aliphatic heterocycles. The summed E-state index contributed by atoms with van der Waals surface area (Å²) in [7, 11) is 0. The van der Waals surface area contributed by atoms with Crippen LogP contribution >= 0.6 is 11.6 Å². The molecule has 0 aliphatic carbocycles. The van der Waals surface area contributed by atoms with Gasteiger partial charge in [0.25, 0.3) is 0 Å². The Morgan fingerprint density at radius 3 is 2.24 bits per heavy atom. The van der Waals surface area contributed by atoms with E-state index in [-0.39, 0.29) is 0 Å². The second-order valence-corrected chi connectivity index (χ2v) is 5.70. The number of unbranched alkanes of at least 4 members (excludes halogenated alkanes) is 1. The predicted octanol–water partition coefficient (Wildman–Crippen LogP) is 6.14. The molecule has 0 radical (unpaired) electrons. The molecule has 0 saturated heterocycles. The largest absolute Gasteiger partial charge is 0.492 e. The summed E-state index contributed by atoms with van der Waals surface area (Å²) in [6, 6.07) is 14.7. The third kappa shape index (κ3) is 4.50. The standard InChI is InChI=1S/C19H23ClO/c1-3-5-13-21-19-12-11-17(14-18(19)20)16-9-7-15(6-4-2)8-10-16/h7-12,14H,3-6,13H2,1-2H3. The molecule has 21 heavy (non-hydrogen) atoms. The van der Waals surface area contributed by atoms with Crippen molar-refractivity contribution in [3.8, 4) is 16.9 Å². The molecule has 2 rings (SSSR count). The molecular formula is C19H23ClO. The van der Waals surface area contributed by atoms with Gasteiger partial charge in [0, 0.05) is 0 Å². The van der Waals surface area contributed by atoms with Crippen LogP contribution in [0, 0.1) is 0 Å². The van der Waals surface area contributed by atoms with Gasteiger partial charge in [0.1, 0.15) is 5.75 Å². The number of benzene rings is 2. The molecule has 0 amide bonds. The SMILES string of the molecule is CCCCOc1ccc(-c2ccc(CCC)cc2)cc1Cl. The van der Waals surface area contributed by atoms with Crippen molar-refractivity contribution in [2.24, 2.45) is 0 Å². The maximum Gasteiger partial charge on any atom is 0.137 e. The lowest BCUT2D eigenvalue weighted by atomic mass is 10.0. The fourth-order valence-electron chi connectivity index (χ4n) is 2.28. The number of aryl methyl sites for hydroxylation is 1. The molecule has 0 spiro atoms. The molecule has 1 nitrogen and oxygen atoms in total. The van der Waals surface area contributed by atoms with Crippen LogP contribution < -0.4 is 4.74 Å². The fourth-order valence-corrected chi connectivity index (χ4v) is 2.51. The molecule has 0 unspecified atom stereocenters. The van der Waals surface area contributed by atoms with Gasteiger partial charge in [-0.05, 0) is 41.7 Å². The normalized spacial score (nSPS) is 10.6. The van der Waals surface area contributed by atoms with E-state index in [1.165, 1.54) is 17.5 Å². The minimum Gasteiger partial charge on any atom is -0.492 e. The molecule has 112 valence electrons. The highest BCUT2D eigenvalue weighted by Crippen LogP contribution is 2.30. The van der Waals surface area contributed by atoms with Crippen LogP contribution in [0.5, 0.6) is 5.75 Å². The first kappa shape index (κ1) is 15.9. The summed E-state index contributed by atoms with van der Waals surface area (Å²) in [5, 5.41) is 0.682. The van der Waals surface area contributed by atoms with Crippen LogP contribution in [0.3, 0.4) is 0 Å².